The lowest BCUT2D eigenvalue weighted by molar-refractivity contribution is -0.131. The summed E-state index contributed by atoms with van der Waals surface area (Å²) in [5.74, 6) is 0.404. The predicted molar refractivity (Wildman–Crippen MR) is 78.0 cm³/mol. The minimum Gasteiger partial charge on any atom is -0.342 e. The molecule has 0 aliphatic carbocycles. The van der Waals surface area contributed by atoms with E-state index in [4.69, 9.17) is 0 Å². The second-order valence-electron chi connectivity index (χ2n) is 5.43. The first-order valence-corrected chi connectivity index (χ1v) is 7.42. The number of hydrogen-bond acceptors (Lipinski definition) is 2. The number of likely N-dealkylation sites (N-methyl/N-ethyl adjacent to an activating group) is 1. The highest BCUT2D eigenvalue weighted by Crippen LogP contribution is 2.14. The van der Waals surface area contributed by atoms with Crippen LogP contribution in [0.5, 0.6) is 0 Å². The van der Waals surface area contributed by atoms with E-state index in [1.165, 1.54) is 12.1 Å². The molecular weight excluding hydrogens is 255 g/mol. The Balaban J connectivity index is 1.91. The number of carbonyl (C=O) groups excluding carboxylic acids is 1. The minimum absolute atomic E-state index is 0.0941. The van der Waals surface area contributed by atoms with Crippen molar-refractivity contribution >= 4 is 5.91 Å². The molecule has 0 saturated carbocycles. The van der Waals surface area contributed by atoms with Crippen molar-refractivity contribution in [1.29, 1.82) is 0 Å². The molecule has 0 aromatic heterocycles. The lowest BCUT2D eigenvalue weighted by Crippen LogP contribution is -2.39. The molecule has 1 aromatic carbocycles. The van der Waals surface area contributed by atoms with Crippen molar-refractivity contribution in [2.24, 2.45) is 5.92 Å². The van der Waals surface area contributed by atoms with Crippen molar-refractivity contribution in [2.75, 3.05) is 26.2 Å². The van der Waals surface area contributed by atoms with Gasteiger partial charge in [-0.2, -0.15) is 0 Å². The summed E-state index contributed by atoms with van der Waals surface area (Å²) in [5, 5.41) is 3.34. The maximum absolute atomic E-state index is 13.1. The topological polar surface area (TPSA) is 32.3 Å². The van der Waals surface area contributed by atoms with Crippen molar-refractivity contribution in [2.45, 2.75) is 26.2 Å². The highest BCUT2D eigenvalue weighted by atomic mass is 19.1. The van der Waals surface area contributed by atoms with Gasteiger partial charge in [0.15, 0.2) is 0 Å². The molecule has 110 valence electrons. The van der Waals surface area contributed by atoms with Crippen LogP contribution in [0.15, 0.2) is 24.3 Å². The molecule has 1 aliphatic rings. The zero-order valence-electron chi connectivity index (χ0n) is 12.1. The number of hydrogen-bond donors (Lipinski definition) is 1. The molecule has 1 saturated heterocycles. The molecule has 1 heterocycles. The Hall–Kier alpha value is -1.42. The normalized spacial score (nSPS) is 16.1. The second kappa shape index (κ2) is 7.39. The number of carbonyl (C=O) groups is 1. The third-order valence-corrected chi connectivity index (χ3v) is 3.92. The van der Waals surface area contributed by atoms with Gasteiger partial charge in [0.05, 0.1) is 6.42 Å². The van der Waals surface area contributed by atoms with Crippen molar-refractivity contribution in [3.63, 3.8) is 0 Å². The third kappa shape index (κ3) is 4.30. The standard InChI is InChI=1S/C16H23FN2O/c1-2-19(12-13-6-8-18-9-7-13)16(20)11-14-4-3-5-15(17)10-14/h3-5,10,13,18H,2,6-9,11-12H2,1H3. The number of nitrogens with zero attached hydrogens (tertiary/aromatic N) is 1. The summed E-state index contributed by atoms with van der Waals surface area (Å²) in [6.07, 6.45) is 2.55. The Morgan fingerprint density at radius 1 is 1.40 bits per heavy atom. The van der Waals surface area contributed by atoms with Gasteiger partial charge in [0, 0.05) is 13.1 Å². The Bertz CT molecular complexity index is 444. The molecule has 0 unspecified atom stereocenters. The molecule has 3 nitrogen and oxygen atoms in total. The molecule has 1 amide bonds. The SMILES string of the molecule is CCN(CC1CCNCC1)C(=O)Cc1cccc(F)c1. The van der Waals surface area contributed by atoms with E-state index in [9.17, 15) is 9.18 Å². The fraction of sp³-hybridized carbons (Fsp3) is 0.562. The molecule has 20 heavy (non-hydrogen) atoms. The van der Waals surface area contributed by atoms with Gasteiger partial charge in [-0.15, -0.1) is 0 Å². The van der Waals surface area contributed by atoms with Crippen molar-refractivity contribution < 1.29 is 9.18 Å². The lowest BCUT2D eigenvalue weighted by Gasteiger charge is -2.29. The van der Waals surface area contributed by atoms with Crippen LogP contribution in [0.1, 0.15) is 25.3 Å². The average Bonchev–Trinajstić information content (AvgIpc) is 2.45. The van der Waals surface area contributed by atoms with E-state index >= 15 is 0 Å². The van der Waals surface area contributed by atoms with Crippen LogP contribution in [0, 0.1) is 11.7 Å². The number of rotatable bonds is 5. The summed E-state index contributed by atoms with van der Waals surface area (Å²) < 4.78 is 13.1. The van der Waals surface area contributed by atoms with E-state index in [0.717, 1.165) is 44.6 Å². The van der Waals surface area contributed by atoms with Gasteiger partial charge < -0.3 is 10.2 Å². The first-order valence-electron chi connectivity index (χ1n) is 7.42. The Kier molecular flexibility index (Phi) is 5.53. The Morgan fingerprint density at radius 3 is 2.80 bits per heavy atom. The number of nitrogens with one attached hydrogen (secondary N) is 1. The summed E-state index contributed by atoms with van der Waals surface area (Å²) in [5.41, 5.74) is 0.749. The minimum atomic E-state index is -0.281. The lowest BCUT2D eigenvalue weighted by atomic mass is 9.97. The predicted octanol–water partition coefficient (Wildman–Crippen LogP) is 2.22. The molecule has 4 heteroatoms. The largest absolute Gasteiger partial charge is 0.342 e. The van der Waals surface area contributed by atoms with Crippen LogP contribution in [0.3, 0.4) is 0 Å². The van der Waals surface area contributed by atoms with Crippen LogP contribution in [0.25, 0.3) is 0 Å². The first-order chi connectivity index (χ1) is 9.69. The first kappa shape index (κ1) is 15.0. The van der Waals surface area contributed by atoms with Gasteiger partial charge in [-0.3, -0.25) is 4.79 Å². The summed E-state index contributed by atoms with van der Waals surface area (Å²) in [6.45, 7) is 5.63. The van der Waals surface area contributed by atoms with Crippen LogP contribution in [0.2, 0.25) is 0 Å². The monoisotopic (exact) mass is 278 g/mol. The van der Waals surface area contributed by atoms with Gasteiger partial charge >= 0.3 is 0 Å². The summed E-state index contributed by atoms with van der Waals surface area (Å²) in [7, 11) is 0. The zero-order valence-corrected chi connectivity index (χ0v) is 12.1. The maximum atomic E-state index is 13.1. The van der Waals surface area contributed by atoms with Gasteiger partial charge in [-0.05, 0) is 56.5 Å². The Morgan fingerprint density at radius 2 is 2.15 bits per heavy atom. The molecule has 0 spiro atoms. The highest BCUT2D eigenvalue weighted by Gasteiger charge is 2.19. The van der Waals surface area contributed by atoms with E-state index in [0.29, 0.717) is 5.92 Å². The number of halogens is 1. The van der Waals surface area contributed by atoms with Crippen LogP contribution in [-0.2, 0) is 11.2 Å². The van der Waals surface area contributed by atoms with E-state index in [-0.39, 0.29) is 18.1 Å². The molecule has 0 radical (unpaired) electrons. The summed E-state index contributed by atoms with van der Waals surface area (Å²) >= 11 is 0. The number of amides is 1. The second-order valence-corrected chi connectivity index (χ2v) is 5.43. The molecule has 1 aliphatic heterocycles. The summed E-state index contributed by atoms with van der Waals surface area (Å²) in [4.78, 5) is 14.2. The van der Waals surface area contributed by atoms with Gasteiger partial charge in [0.1, 0.15) is 5.82 Å². The van der Waals surface area contributed by atoms with Crippen molar-refractivity contribution in [1.82, 2.24) is 10.2 Å². The molecular formula is C16H23FN2O. The smallest absolute Gasteiger partial charge is 0.226 e. The Labute approximate surface area is 120 Å². The molecule has 0 atom stereocenters. The van der Waals surface area contributed by atoms with E-state index in [1.807, 2.05) is 11.8 Å². The van der Waals surface area contributed by atoms with E-state index in [2.05, 4.69) is 5.32 Å². The van der Waals surface area contributed by atoms with Crippen LogP contribution < -0.4 is 5.32 Å². The van der Waals surface area contributed by atoms with Gasteiger partial charge in [0.25, 0.3) is 0 Å². The highest BCUT2D eigenvalue weighted by molar-refractivity contribution is 5.78. The zero-order chi connectivity index (χ0) is 14.4. The van der Waals surface area contributed by atoms with Crippen LogP contribution in [-0.4, -0.2) is 37.0 Å². The molecule has 1 aromatic rings. The molecule has 0 bridgehead atoms. The van der Waals surface area contributed by atoms with Crippen LogP contribution in [0.4, 0.5) is 4.39 Å². The fourth-order valence-corrected chi connectivity index (χ4v) is 2.72. The van der Waals surface area contributed by atoms with Crippen molar-refractivity contribution in [3.05, 3.63) is 35.6 Å². The average molecular weight is 278 g/mol. The summed E-state index contributed by atoms with van der Waals surface area (Å²) in [6, 6.07) is 6.30. The quantitative estimate of drug-likeness (QED) is 0.895. The molecule has 1 fully saturated rings. The number of piperidine rings is 1. The van der Waals surface area contributed by atoms with Gasteiger partial charge in [-0.1, -0.05) is 12.1 Å². The van der Waals surface area contributed by atoms with E-state index < -0.39 is 0 Å². The number of benzene rings is 1. The van der Waals surface area contributed by atoms with Gasteiger partial charge in [0.2, 0.25) is 5.91 Å². The van der Waals surface area contributed by atoms with Gasteiger partial charge in [-0.25, -0.2) is 4.39 Å². The third-order valence-electron chi connectivity index (χ3n) is 3.92. The molecule has 1 N–H and O–H groups in total. The molecule has 2 rings (SSSR count). The maximum Gasteiger partial charge on any atom is 0.226 e. The van der Waals surface area contributed by atoms with E-state index in [1.54, 1.807) is 12.1 Å². The van der Waals surface area contributed by atoms with Crippen LogP contribution >= 0.6 is 0 Å². The fourth-order valence-electron chi connectivity index (χ4n) is 2.72. The van der Waals surface area contributed by atoms with Crippen molar-refractivity contribution in [3.8, 4) is 0 Å².